The van der Waals surface area contributed by atoms with Crippen LogP contribution < -0.4 is 0 Å². The molecule has 1 aromatic carbocycles. The van der Waals surface area contributed by atoms with Crippen LogP contribution in [0, 0.1) is 17.5 Å². The van der Waals surface area contributed by atoms with Crippen molar-refractivity contribution in [3.8, 4) is 5.75 Å². The number of aromatic hydroxyl groups is 1. The Hall–Kier alpha value is -2.05. The maximum Gasteiger partial charge on any atom is 0.377 e. The number of aliphatic carboxylic acids is 1. The molecule has 0 saturated carbocycles. The number of Topliss-reactive ketones (excluding diaryl/α,β-unsaturated/α-hetero) is 1. The van der Waals surface area contributed by atoms with Crippen LogP contribution in [0.5, 0.6) is 5.75 Å². The Balaban J connectivity index is 3.45. The summed E-state index contributed by atoms with van der Waals surface area (Å²) in [6.45, 7) is 0. The number of rotatable bonds is 2. The maximum absolute atomic E-state index is 12.7. The van der Waals surface area contributed by atoms with Crippen molar-refractivity contribution in [1.82, 2.24) is 0 Å². The minimum atomic E-state index is -2.02. The van der Waals surface area contributed by atoms with E-state index in [0.717, 1.165) is 0 Å². The Kier molecular flexibility index (Phi) is 2.65. The summed E-state index contributed by atoms with van der Waals surface area (Å²) >= 11 is 0. The van der Waals surface area contributed by atoms with Crippen molar-refractivity contribution in [1.29, 1.82) is 0 Å². The lowest BCUT2D eigenvalue weighted by Crippen LogP contribution is -2.14. The van der Waals surface area contributed by atoms with Gasteiger partial charge in [-0.3, -0.25) is 4.79 Å². The second-order valence-electron chi connectivity index (χ2n) is 2.52. The molecule has 0 aromatic heterocycles. The number of hydrogen-bond acceptors (Lipinski definition) is 3. The maximum atomic E-state index is 12.7. The highest BCUT2D eigenvalue weighted by Gasteiger charge is 2.25. The molecular formula is C8H3F3O4. The van der Waals surface area contributed by atoms with Crippen molar-refractivity contribution in [3.05, 3.63) is 29.1 Å². The van der Waals surface area contributed by atoms with Gasteiger partial charge in [0.05, 0.1) is 5.56 Å². The quantitative estimate of drug-likeness (QED) is 0.444. The Bertz CT molecular complexity index is 456. The first-order valence-electron chi connectivity index (χ1n) is 3.50. The number of hydrogen-bond donors (Lipinski definition) is 2. The van der Waals surface area contributed by atoms with Crippen LogP contribution in [0.15, 0.2) is 6.07 Å². The zero-order valence-corrected chi connectivity index (χ0v) is 6.92. The summed E-state index contributed by atoms with van der Waals surface area (Å²) in [4.78, 5) is 20.9. The van der Waals surface area contributed by atoms with Crippen LogP contribution in [0.2, 0.25) is 0 Å². The van der Waals surface area contributed by atoms with E-state index in [9.17, 15) is 22.8 Å². The minimum absolute atomic E-state index is 0.115. The van der Waals surface area contributed by atoms with Gasteiger partial charge in [-0.2, -0.15) is 4.39 Å². The standard InChI is InChI=1S/C8H3F3O4/c9-3-1-2(7(13)8(14)15)6(12)5(11)4(3)10/h1,12H,(H,14,15). The molecule has 1 rings (SSSR count). The Morgan fingerprint density at radius 1 is 1.13 bits per heavy atom. The van der Waals surface area contributed by atoms with E-state index in [1.165, 1.54) is 0 Å². The highest BCUT2D eigenvalue weighted by Crippen LogP contribution is 2.26. The van der Waals surface area contributed by atoms with E-state index in [0.29, 0.717) is 0 Å². The Morgan fingerprint density at radius 2 is 1.67 bits per heavy atom. The molecule has 0 atom stereocenters. The van der Waals surface area contributed by atoms with Crippen molar-refractivity contribution in [2.24, 2.45) is 0 Å². The van der Waals surface area contributed by atoms with E-state index < -0.39 is 40.5 Å². The van der Waals surface area contributed by atoms with Crippen molar-refractivity contribution < 1.29 is 33.0 Å². The molecule has 0 spiro atoms. The van der Waals surface area contributed by atoms with Gasteiger partial charge >= 0.3 is 5.97 Å². The number of phenolic OH excluding ortho intramolecular Hbond substituents is 1. The molecule has 15 heavy (non-hydrogen) atoms. The Morgan fingerprint density at radius 3 is 2.13 bits per heavy atom. The molecular weight excluding hydrogens is 217 g/mol. The highest BCUT2D eigenvalue weighted by molar-refractivity contribution is 6.40. The topological polar surface area (TPSA) is 74.6 Å². The molecule has 1 aromatic rings. The molecule has 7 heteroatoms. The van der Waals surface area contributed by atoms with E-state index >= 15 is 0 Å². The predicted octanol–water partition coefficient (Wildman–Crippen LogP) is 1.08. The monoisotopic (exact) mass is 220 g/mol. The van der Waals surface area contributed by atoms with Crippen LogP contribution in [0.4, 0.5) is 13.2 Å². The number of ketones is 1. The van der Waals surface area contributed by atoms with Crippen LogP contribution in [0.1, 0.15) is 10.4 Å². The van der Waals surface area contributed by atoms with Gasteiger partial charge in [-0.25, -0.2) is 13.6 Å². The largest absolute Gasteiger partial charge is 0.504 e. The normalized spacial score (nSPS) is 10.1. The first kappa shape index (κ1) is 11.0. The van der Waals surface area contributed by atoms with Gasteiger partial charge in [0.2, 0.25) is 5.82 Å². The predicted molar refractivity (Wildman–Crippen MR) is 39.9 cm³/mol. The molecule has 0 amide bonds. The second kappa shape index (κ2) is 3.60. The summed E-state index contributed by atoms with van der Waals surface area (Å²) in [7, 11) is 0. The summed E-state index contributed by atoms with van der Waals surface area (Å²) in [5, 5.41) is 17.1. The zero-order valence-electron chi connectivity index (χ0n) is 6.92. The summed E-state index contributed by atoms with van der Waals surface area (Å²) in [5.41, 5.74) is -1.14. The van der Waals surface area contributed by atoms with Crippen molar-refractivity contribution >= 4 is 11.8 Å². The number of benzene rings is 1. The fraction of sp³-hybridized carbons (Fsp3) is 0. The molecule has 4 nitrogen and oxygen atoms in total. The van der Waals surface area contributed by atoms with Crippen molar-refractivity contribution in [2.75, 3.05) is 0 Å². The van der Waals surface area contributed by atoms with Gasteiger partial charge in [0.1, 0.15) is 0 Å². The van der Waals surface area contributed by atoms with Crippen LogP contribution in [-0.4, -0.2) is 22.0 Å². The van der Waals surface area contributed by atoms with Crippen LogP contribution in [0.25, 0.3) is 0 Å². The van der Waals surface area contributed by atoms with Gasteiger partial charge < -0.3 is 10.2 Å². The van der Waals surface area contributed by atoms with Crippen molar-refractivity contribution in [2.45, 2.75) is 0 Å². The first-order valence-corrected chi connectivity index (χ1v) is 3.50. The van der Waals surface area contributed by atoms with Gasteiger partial charge in [0.25, 0.3) is 5.78 Å². The number of carboxylic acid groups (broad SMARTS) is 1. The van der Waals surface area contributed by atoms with Gasteiger partial charge in [-0.1, -0.05) is 0 Å². The average Bonchev–Trinajstić information content (AvgIpc) is 2.19. The number of carboxylic acids is 1. The number of carbonyl (C=O) groups is 2. The molecule has 80 valence electrons. The average molecular weight is 220 g/mol. The van der Waals surface area contributed by atoms with Gasteiger partial charge in [-0.05, 0) is 6.07 Å². The SMILES string of the molecule is O=C(O)C(=O)c1cc(F)c(F)c(F)c1O. The smallest absolute Gasteiger partial charge is 0.377 e. The molecule has 0 radical (unpaired) electrons. The third kappa shape index (κ3) is 1.76. The van der Waals surface area contributed by atoms with Gasteiger partial charge in [-0.15, -0.1) is 0 Å². The highest BCUT2D eigenvalue weighted by atomic mass is 19.2. The summed E-state index contributed by atoms with van der Waals surface area (Å²) in [6.07, 6.45) is 0. The number of halogens is 3. The molecule has 0 fully saturated rings. The van der Waals surface area contributed by atoms with E-state index in [4.69, 9.17) is 10.2 Å². The lowest BCUT2D eigenvalue weighted by molar-refractivity contribution is -0.131. The third-order valence-electron chi connectivity index (χ3n) is 1.58. The Labute approximate surface area is 80.6 Å². The number of phenols is 1. The first-order chi connectivity index (χ1) is 6.86. The molecule has 0 heterocycles. The summed E-state index contributed by atoms with van der Waals surface area (Å²) in [6, 6.07) is 0.115. The number of carbonyl (C=O) groups excluding carboxylic acids is 1. The molecule has 0 aliphatic carbocycles. The van der Waals surface area contributed by atoms with Crippen LogP contribution in [0.3, 0.4) is 0 Å². The van der Waals surface area contributed by atoms with E-state index in [-0.39, 0.29) is 6.07 Å². The van der Waals surface area contributed by atoms with Crippen LogP contribution in [-0.2, 0) is 4.79 Å². The van der Waals surface area contributed by atoms with Crippen molar-refractivity contribution in [3.63, 3.8) is 0 Å². The van der Waals surface area contributed by atoms with E-state index in [1.54, 1.807) is 0 Å². The second-order valence-corrected chi connectivity index (χ2v) is 2.52. The van der Waals surface area contributed by atoms with E-state index in [2.05, 4.69) is 0 Å². The lowest BCUT2D eigenvalue weighted by Gasteiger charge is -2.03. The molecule has 0 saturated heterocycles. The van der Waals surface area contributed by atoms with Gasteiger partial charge in [0.15, 0.2) is 17.4 Å². The molecule has 0 aliphatic rings. The molecule has 2 N–H and O–H groups in total. The zero-order chi connectivity index (χ0) is 11.7. The summed E-state index contributed by atoms with van der Waals surface area (Å²) < 4.78 is 37.7. The van der Waals surface area contributed by atoms with E-state index in [1.807, 2.05) is 0 Å². The molecule has 0 bridgehead atoms. The fourth-order valence-electron chi connectivity index (χ4n) is 0.874. The third-order valence-corrected chi connectivity index (χ3v) is 1.58. The fourth-order valence-corrected chi connectivity index (χ4v) is 0.874. The van der Waals surface area contributed by atoms with Crippen LogP contribution >= 0.6 is 0 Å². The lowest BCUT2D eigenvalue weighted by atomic mass is 10.1. The minimum Gasteiger partial charge on any atom is -0.504 e. The molecule has 0 unspecified atom stereocenters. The summed E-state index contributed by atoms with van der Waals surface area (Å²) in [5.74, 6) is -11.0. The molecule has 0 aliphatic heterocycles. The van der Waals surface area contributed by atoms with Gasteiger partial charge in [0, 0.05) is 0 Å².